The van der Waals surface area contributed by atoms with Crippen molar-refractivity contribution >= 4 is 0 Å². The van der Waals surface area contributed by atoms with Crippen molar-refractivity contribution in [2.45, 2.75) is 104 Å². The summed E-state index contributed by atoms with van der Waals surface area (Å²) in [6.45, 7) is 8.12. The van der Waals surface area contributed by atoms with Crippen molar-refractivity contribution in [3.8, 4) is 0 Å². The fourth-order valence-corrected chi connectivity index (χ4v) is 16.3. The average Bonchev–Trinajstić information content (AvgIpc) is 3.51. The fraction of sp³-hybridized carbons (Fsp3) is 1.00. The lowest BCUT2D eigenvalue weighted by Gasteiger charge is -2.60. The highest BCUT2D eigenvalue weighted by atomic mass is 14.8. The summed E-state index contributed by atoms with van der Waals surface area (Å²) in [5, 5.41) is 0. The molecule has 9 fully saturated rings. The zero-order valence-electron chi connectivity index (χ0n) is 22.5. The van der Waals surface area contributed by atoms with Crippen molar-refractivity contribution in [3.63, 3.8) is 0 Å². The van der Waals surface area contributed by atoms with Gasteiger partial charge in [0.15, 0.2) is 0 Å². The zero-order chi connectivity index (χ0) is 22.5. The number of hydrogen-bond acceptors (Lipinski definition) is 0. The number of fused-ring (bicyclic) bond motifs is 6. The summed E-state index contributed by atoms with van der Waals surface area (Å²) in [7, 11) is 0. The van der Waals surface area contributed by atoms with Gasteiger partial charge in [0, 0.05) is 0 Å². The summed E-state index contributed by atoms with van der Waals surface area (Å²) < 4.78 is 0. The van der Waals surface area contributed by atoms with Crippen molar-refractivity contribution < 1.29 is 0 Å². The van der Waals surface area contributed by atoms with E-state index in [0.29, 0.717) is 0 Å². The third-order valence-electron chi connectivity index (χ3n) is 15.9. The van der Waals surface area contributed by atoms with Gasteiger partial charge in [-0.15, -0.1) is 0 Å². The molecule has 1 spiro atoms. The Balaban J connectivity index is 1.21. The molecular weight excluding hydrogens is 408 g/mol. The molecule has 9 aliphatic carbocycles. The maximum absolute atomic E-state index is 2.81. The van der Waals surface area contributed by atoms with E-state index in [0.717, 1.165) is 82.3 Å². The van der Waals surface area contributed by atoms with Crippen LogP contribution in [0.4, 0.5) is 0 Å². The Labute approximate surface area is 210 Å². The number of hydrogen-bond donors (Lipinski definition) is 0. The largest absolute Gasteiger partial charge is 0.0625 e. The lowest BCUT2D eigenvalue weighted by atomic mass is 9.44. The van der Waals surface area contributed by atoms with Crippen LogP contribution in [0, 0.1) is 106 Å². The monoisotopic (exact) mass is 460 g/mol. The molecule has 0 aromatic heterocycles. The van der Waals surface area contributed by atoms with E-state index in [-0.39, 0.29) is 0 Å². The Morgan fingerprint density at radius 3 is 2.06 bits per heavy atom. The molecule has 0 aliphatic heterocycles. The summed E-state index contributed by atoms with van der Waals surface area (Å²) in [5.41, 5.74) is 0.822. The van der Waals surface area contributed by atoms with E-state index in [9.17, 15) is 0 Å². The van der Waals surface area contributed by atoms with Crippen LogP contribution in [0.2, 0.25) is 0 Å². The van der Waals surface area contributed by atoms with Crippen LogP contribution in [0.5, 0.6) is 0 Å². The third kappa shape index (κ3) is 2.33. The van der Waals surface area contributed by atoms with Crippen molar-refractivity contribution in [1.29, 1.82) is 0 Å². The van der Waals surface area contributed by atoms with Gasteiger partial charge < -0.3 is 0 Å². The van der Waals surface area contributed by atoms with Gasteiger partial charge in [-0.1, -0.05) is 33.6 Å². The second kappa shape index (κ2) is 6.90. The minimum absolute atomic E-state index is 0.822. The van der Waals surface area contributed by atoms with Crippen LogP contribution in [-0.4, -0.2) is 0 Å². The predicted octanol–water partition coefficient (Wildman–Crippen LogP) is 8.70. The fourth-order valence-electron chi connectivity index (χ4n) is 16.3. The minimum Gasteiger partial charge on any atom is -0.0625 e. The smallest absolute Gasteiger partial charge is 0.0193 e. The van der Waals surface area contributed by atoms with Gasteiger partial charge in [-0.05, 0) is 177 Å². The summed E-state index contributed by atoms with van der Waals surface area (Å²) >= 11 is 0. The van der Waals surface area contributed by atoms with E-state index in [1.807, 2.05) is 0 Å². The van der Waals surface area contributed by atoms with Gasteiger partial charge in [0.05, 0.1) is 0 Å². The number of rotatable bonds is 0. The Morgan fingerprint density at radius 1 is 0.471 bits per heavy atom. The second-order valence-electron chi connectivity index (χ2n) is 16.8. The topological polar surface area (TPSA) is 0 Å². The predicted molar refractivity (Wildman–Crippen MR) is 139 cm³/mol. The van der Waals surface area contributed by atoms with Gasteiger partial charge in [-0.2, -0.15) is 0 Å². The first-order valence-corrected chi connectivity index (χ1v) is 16.6. The normalized spacial score (nSPS) is 69.1. The van der Waals surface area contributed by atoms with Gasteiger partial charge in [0.25, 0.3) is 0 Å². The first-order valence-electron chi connectivity index (χ1n) is 16.6. The van der Waals surface area contributed by atoms with Crippen LogP contribution >= 0.6 is 0 Å². The molecule has 0 aromatic carbocycles. The molecule has 0 nitrogen and oxygen atoms in total. The van der Waals surface area contributed by atoms with Gasteiger partial charge in [0.1, 0.15) is 0 Å². The summed E-state index contributed by atoms with van der Waals surface area (Å²) in [4.78, 5) is 0. The molecule has 34 heavy (non-hydrogen) atoms. The highest BCUT2D eigenvalue weighted by Gasteiger charge is 2.78. The Bertz CT molecular complexity index is 858. The van der Waals surface area contributed by atoms with Gasteiger partial charge >= 0.3 is 0 Å². The SMILES string of the molecule is CC1CC2CCC3CC4CC(C)CC5C6CC7C8CCCCC8C(C)C7C6C6(CC(C1)C2C36)C45. The molecule has 0 saturated heterocycles. The van der Waals surface area contributed by atoms with Crippen molar-refractivity contribution in [2.24, 2.45) is 106 Å². The molecule has 0 heterocycles. The molecule has 0 aromatic rings. The standard InChI is InChI=1S/C34H52/c1-17-10-20-8-9-21-14-22-11-18(2)13-27-28-15-26-25-7-5-4-6-24(25)19(3)29(26)33(28)34(31(22)27)16-23(12-17)30(20)32(21)34/h17-33H,4-16H2,1-3H3. The second-order valence-corrected chi connectivity index (χ2v) is 16.8. The summed E-state index contributed by atoms with van der Waals surface area (Å²) in [6.07, 6.45) is 21.2. The molecule has 18 unspecified atom stereocenters. The van der Waals surface area contributed by atoms with E-state index >= 15 is 0 Å². The Hall–Kier alpha value is 0. The first-order chi connectivity index (χ1) is 16.6. The van der Waals surface area contributed by atoms with Crippen molar-refractivity contribution in [3.05, 3.63) is 0 Å². The highest BCUT2D eigenvalue weighted by Crippen LogP contribution is 2.83. The van der Waals surface area contributed by atoms with E-state index in [1.165, 1.54) is 23.7 Å². The molecule has 9 saturated carbocycles. The highest BCUT2D eigenvalue weighted by molar-refractivity contribution is 5.26. The van der Waals surface area contributed by atoms with E-state index in [2.05, 4.69) is 20.8 Å². The molecule has 18 atom stereocenters. The average molecular weight is 461 g/mol. The molecule has 188 valence electrons. The minimum atomic E-state index is 0.822. The maximum atomic E-state index is 2.81. The molecule has 0 radical (unpaired) electrons. The molecule has 0 bridgehead atoms. The molecule has 0 heteroatoms. The Morgan fingerprint density at radius 2 is 1.18 bits per heavy atom. The molecule has 0 amide bonds. The zero-order valence-corrected chi connectivity index (χ0v) is 22.5. The lowest BCUT2D eigenvalue weighted by molar-refractivity contribution is -0.125. The van der Waals surface area contributed by atoms with Gasteiger partial charge in [-0.3, -0.25) is 0 Å². The van der Waals surface area contributed by atoms with Crippen molar-refractivity contribution in [1.82, 2.24) is 0 Å². The maximum Gasteiger partial charge on any atom is -0.0193 e. The lowest BCUT2D eigenvalue weighted by Crippen LogP contribution is -2.55. The van der Waals surface area contributed by atoms with Crippen LogP contribution < -0.4 is 0 Å². The molecule has 0 N–H and O–H groups in total. The molecule has 9 rings (SSSR count). The van der Waals surface area contributed by atoms with Crippen LogP contribution in [-0.2, 0) is 0 Å². The molecular formula is C34H52. The molecule has 9 aliphatic rings. The van der Waals surface area contributed by atoms with Crippen molar-refractivity contribution in [2.75, 3.05) is 0 Å². The van der Waals surface area contributed by atoms with Crippen LogP contribution in [0.3, 0.4) is 0 Å². The van der Waals surface area contributed by atoms with Gasteiger partial charge in [-0.25, -0.2) is 0 Å². The van der Waals surface area contributed by atoms with Crippen LogP contribution in [0.1, 0.15) is 104 Å². The Kier molecular flexibility index (Phi) is 4.26. The van der Waals surface area contributed by atoms with E-state index in [4.69, 9.17) is 0 Å². The van der Waals surface area contributed by atoms with E-state index in [1.54, 1.807) is 83.5 Å². The summed E-state index contributed by atoms with van der Waals surface area (Å²) in [6, 6.07) is 0. The summed E-state index contributed by atoms with van der Waals surface area (Å²) in [5.74, 6) is 19.3. The third-order valence-corrected chi connectivity index (χ3v) is 15.9. The van der Waals surface area contributed by atoms with Crippen LogP contribution in [0.15, 0.2) is 0 Å². The van der Waals surface area contributed by atoms with Gasteiger partial charge in [0.2, 0.25) is 0 Å². The van der Waals surface area contributed by atoms with E-state index < -0.39 is 0 Å². The van der Waals surface area contributed by atoms with Crippen LogP contribution in [0.25, 0.3) is 0 Å². The quantitative estimate of drug-likeness (QED) is 0.339. The first kappa shape index (κ1) is 21.0.